The molecule has 0 unspecified atom stereocenters. The molecule has 0 amide bonds. The maximum atomic E-state index is 13.2. The topological polar surface area (TPSA) is 38.0 Å². The molecule has 0 bridgehead atoms. The van der Waals surface area contributed by atoms with Crippen LogP contribution in [0.15, 0.2) is 28.1 Å². The number of nitrogens with one attached hydrogen (secondary N) is 1. The smallest absolute Gasteiger partial charge is 0.151 e. The summed E-state index contributed by atoms with van der Waals surface area (Å²) < 4.78 is 27.1. The zero-order valence-corrected chi connectivity index (χ0v) is 11.0. The molecule has 6 heteroatoms. The molecule has 0 aliphatic heterocycles. The van der Waals surface area contributed by atoms with Crippen LogP contribution in [0.4, 0.5) is 20.2 Å². The van der Waals surface area contributed by atoms with Crippen LogP contribution in [-0.2, 0) is 6.54 Å². The summed E-state index contributed by atoms with van der Waals surface area (Å²) in [6, 6.07) is 3.86. The van der Waals surface area contributed by atoms with Crippen molar-refractivity contribution in [2.75, 3.05) is 11.1 Å². The highest BCUT2D eigenvalue weighted by atomic mass is 79.9. The summed E-state index contributed by atoms with van der Waals surface area (Å²) in [7, 11) is 0. The molecule has 3 N–H and O–H groups in total. The van der Waals surface area contributed by atoms with Gasteiger partial charge in [-0.3, -0.25) is 0 Å². The van der Waals surface area contributed by atoms with E-state index >= 15 is 0 Å². The van der Waals surface area contributed by atoms with Crippen LogP contribution < -0.4 is 11.1 Å². The molecule has 90 valence electrons. The van der Waals surface area contributed by atoms with Crippen LogP contribution in [0, 0.1) is 11.6 Å². The van der Waals surface area contributed by atoms with Crippen LogP contribution in [0.3, 0.4) is 0 Å². The van der Waals surface area contributed by atoms with E-state index in [0.29, 0.717) is 6.54 Å². The second-order valence-corrected chi connectivity index (χ2v) is 5.25. The molecule has 2 rings (SSSR count). The Morgan fingerprint density at radius 3 is 2.76 bits per heavy atom. The lowest BCUT2D eigenvalue weighted by Crippen LogP contribution is -2.04. The van der Waals surface area contributed by atoms with E-state index in [9.17, 15) is 8.78 Å². The Kier molecular flexibility index (Phi) is 3.63. The van der Waals surface area contributed by atoms with Crippen molar-refractivity contribution in [3.05, 3.63) is 44.6 Å². The standard InChI is InChI=1S/C11H9BrF2N2S/c12-7-1-2-17-10(7)5-16-9-4-6(13)3-8(14)11(9)15/h1-4,16H,5,15H2. The van der Waals surface area contributed by atoms with Crippen molar-refractivity contribution in [1.82, 2.24) is 0 Å². The quantitative estimate of drug-likeness (QED) is 0.840. The van der Waals surface area contributed by atoms with Gasteiger partial charge in [0.2, 0.25) is 0 Å². The lowest BCUT2D eigenvalue weighted by Gasteiger charge is -2.09. The van der Waals surface area contributed by atoms with Crippen LogP contribution in [0.1, 0.15) is 4.88 Å². The molecule has 1 aromatic heterocycles. The van der Waals surface area contributed by atoms with E-state index in [2.05, 4.69) is 21.2 Å². The highest BCUT2D eigenvalue weighted by Crippen LogP contribution is 2.27. The molecule has 1 aromatic carbocycles. The first-order valence-corrected chi connectivity index (χ1v) is 6.45. The van der Waals surface area contributed by atoms with E-state index in [1.165, 1.54) is 6.07 Å². The van der Waals surface area contributed by atoms with E-state index < -0.39 is 11.6 Å². The van der Waals surface area contributed by atoms with Crippen LogP contribution in [0.25, 0.3) is 0 Å². The molecule has 0 spiro atoms. The Labute approximate surface area is 110 Å². The average molecular weight is 319 g/mol. The lowest BCUT2D eigenvalue weighted by atomic mass is 10.2. The minimum Gasteiger partial charge on any atom is -0.395 e. The number of nitrogen functional groups attached to an aromatic ring is 1. The second-order valence-electron chi connectivity index (χ2n) is 3.39. The fourth-order valence-corrected chi connectivity index (χ4v) is 2.79. The van der Waals surface area contributed by atoms with Gasteiger partial charge in [-0.05, 0) is 33.4 Å². The number of rotatable bonds is 3. The van der Waals surface area contributed by atoms with E-state index in [1.807, 2.05) is 11.4 Å². The third-order valence-electron chi connectivity index (χ3n) is 2.22. The fraction of sp³-hybridized carbons (Fsp3) is 0.0909. The van der Waals surface area contributed by atoms with E-state index in [-0.39, 0.29) is 11.4 Å². The third kappa shape index (κ3) is 2.76. The van der Waals surface area contributed by atoms with Crippen molar-refractivity contribution in [3.8, 4) is 0 Å². The minimum absolute atomic E-state index is 0.0703. The van der Waals surface area contributed by atoms with Gasteiger partial charge < -0.3 is 11.1 Å². The zero-order chi connectivity index (χ0) is 12.4. The molecule has 2 nitrogen and oxygen atoms in total. The van der Waals surface area contributed by atoms with Gasteiger partial charge in [0.1, 0.15) is 5.82 Å². The van der Waals surface area contributed by atoms with Crippen molar-refractivity contribution >= 4 is 38.6 Å². The monoisotopic (exact) mass is 318 g/mol. The number of hydrogen-bond acceptors (Lipinski definition) is 3. The molecule has 0 atom stereocenters. The van der Waals surface area contributed by atoms with Crippen LogP contribution in [0.2, 0.25) is 0 Å². The van der Waals surface area contributed by atoms with Gasteiger partial charge in [0.15, 0.2) is 5.82 Å². The van der Waals surface area contributed by atoms with Gasteiger partial charge in [-0.1, -0.05) is 0 Å². The van der Waals surface area contributed by atoms with Crippen molar-refractivity contribution in [2.24, 2.45) is 0 Å². The molecule has 0 fully saturated rings. The first-order valence-electron chi connectivity index (χ1n) is 4.78. The van der Waals surface area contributed by atoms with Crippen LogP contribution in [0.5, 0.6) is 0 Å². The van der Waals surface area contributed by atoms with Gasteiger partial charge in [-0.2, -0.15) is 0 Å². The van der Waals surface area contributed by atoms with Gasteiger partial charge in [-0.15, -0.1) is 11.3 Å². The molecular formula is C11H9BrF2N2S. The Morgan fingerprint density at radius 1 is 1.35 bits per heavy atom. The Morgan fingerprint density at radius 2 is 2.12 bits per heavy atom. The van der Waals surface area contributed by atoms with Gasteiger partial charge in [-0.25, -0.2) is 8.78 Å². The maximum Gasteiger partial charge on any atom is 0.151 e. The number of nitrogens with two attached hydrogens (primary N) is 1. The van der Waals surface area contributed by atoms with E-state index in [4.69, 9.17) is 5.73 Å². The summed E-state index contributed by atoms with van der Waals surface area (Å²) in [6.07, 6.45) is 0. The molecule has 0 radical (unpaired) electrons. The average Bonchev–Trinajstić information content (AvgIpc) is 2.67. The Balaban J connectivity index is 2.17. The molecule has 0 aliphatic carbocycles. The number of hydrogen-bond donors (Lipinski definition) is 2. The van der Waals surface area contributed by atoms with Gasteiger partial charge in [0.25, 0.3) is 0 Å². The SMILES string of the molecule is Nc1c(F)cc(F)cc1NCc1sccc1Br. The van der Waals surface area contributed by atoms with Gasteiger partial charge in [0, 0.05) is 15.4 Å². The second kappa shape index (κ2) is 5.01. The van der Waals surface area contributed by atoms with Crippen molar-refractivity contribution in [1.29, 1.82) is 0 Å². The van der Waals surface area contributed by atoms with E-state index in [0.717, 1.165) is 15.4 Å². The zero-order valence-electron chi connectivity index (χ0n) is 8.64. The molecule has 0 saturated carbocycles. The Bertz CT molecular complexity index is 542. The third-order valence-corrected chi connectivity index (χ3v) is 4.15. The predicted molar refractivity (Wildman–Crippen MR) is 70.1 cm³/mol. The molecule has 17 heavy (non-hydrogen) atoms. The first-order chi connectivity index (χ1) is 8.08. The molecular weight excluding hydrogens is 310 g/mol. The van der Waals surface area contributed by atoms with Crippen LogP contribution >= 0.6 is 27.3 Å². The number of halogens is 3. The van der Waals surface area contributed by atoms with Crippen LogP contribution in [-0.4, -0.2) is 0 Å². The predicted octanol–water partition coefficient (Wildman–Crippen LogP) is 3.98. The highest BCUT2D eigenvalue weighted by molar-refractivity contribution is 9.10. The van der Waals surface area contributed by atoms with Crippen molar-refractivity contribution in [3.63, 3.8) is 0 Å². The Hall–Kier alpha value is -1.14. The van der Waals surface area contributed by atoms with E-state index in [1.54, 1.807) is 11.3 Å². The highest BCUT2D eigenvalue weighted by Gasteiger charge is 2.09. The fourth-order valence-electron chi connectivity index (χ4n) is 1.36. The largest absolute Gasteiger partial charge is 0.395 e. The molecule has 0 aliphatic rings. The molecule has 0 saturated heterocycles. The maximum absolute atomic E-state index is 13.2. The number of benzene rings is 1. The van der Waals surface area contributed by atoms with Gasteiger partial charge in [0.05, 0.1) is 17.9 Å². The first kappa shape index (κ1) is 12.3. The van der Waals surface area contributed by atoms with Crippen molar-refractivity contribution in [2.45, 2.75) is 6.54 Å². The summed E-state index contributed by atoms with van der Waals surface area (Å²) in [4.78, 5) is 1.04. The summed E-state index contributed by atoms with van der Waals surface area (Å²) >= 11 is 4.92. The normalized spacial score (nSPS) is 10.5. The lowest BCUT2D eigenvalue weighted by molar-refractivity contribution is 0.587. The summed E-state index contributed by atoms with van der Waals surface area (Å²) in [5.41, 5.74) is 5.71. The summed E-state index contributed by atoms with van der Waals surface area (Å²) in [5, 5.41) is 4.84. The minimum atomic E-state index is -0.752. The number of anilines is 2. The van der Waals surface area contributed by atoms with Crippen molar-refractivity contribution < 1.29 is 8.78 Å². The van der Waals surface area contributed by atoms with Gasteiger partial charge >= 0.3 is 0 Å². The number of thiophene rings is 1. The summed E-state index contributed by atoms with van der Waals surface area (Å²) in [6.45, 7) is 0.464. The molecule has 2 aromatic rings. The molecule has 1 heterocycles. The summed E-state index contributed by atoms with van der Waals surface area (Å²) in [5.74, 6) is -1.40.